The van der Waals surface area contributed by atoms with Crippen LogP contribution in [0.1, 0.15) is 69.0 Å². The molecule has 2 aliphatic carbocycles. The van der Waals surface area contributed by atoms with Gasteiger partial charge in [-0.25, -0.2) is 9.59 Å². The monoisotopic (exact) mass is 556 g/mol. The Kier molecular flexibility index (Phi) is 9.20. The Hall–Kier alpha value is -3.37. The highest BCUT2D eigenvalue weighted by molar-refractivity contribution is 5.92. The summed E-state index contributed by atoms with van der Waals surface area (Å²) in [6.45, 7) is 6.02. The summed E-state index contributed by atoms with van der Waals surface area (Å²) in [7, 11) is 0. The molecule has 2 aromatic rings. The number of esters is 1. The van der Waals surface area contributed by atoms with E-state index in [1.165, 1.54) is 6.07 Å². The largest absolute Gasteiger partial charge is 0.467 e. The van der Waals surface area contributed by atoms with Crippen LogP contribution in [0.2, 0.25) is 0 Å². The highest BCUT2D eigenvalue weighted by Gasteiger charge is 2.60. The van der Waals surface area contributed by atoms with Gasteiger partial charge in [0, 0.05) is 17.5 Å². The third-order valence-electron chi connectivity index (χ3n) is 8.99. The van der Waals surface area contributed by atoms with E-state index in [-0.39, 0.29) is 43.9 Å². The summed E-state index contributed by atoms with van der Waals surface area (Å²) in [5.41, 5.74) is -0.515. The van der Waals surface area contributed by atoms with Gasteiger partial charge in [-0.05, 0) is 80.2 Å². The molecular formula is C30H40N2O8. The van der Waals surface area contributed by atoms with Crippen LogP contribution in [-0.4, -0.2) is 53.6 Å². The second-order valence-electron chi connectivity index (χ2n) is 11.4. The molecule has 2 saturated carbocycles. The first-order valence-electron chi connectivity index (χ1n) is 13.9. The minimum Gasteiger partial charge on any atom is -0.467 e. The van der Waals surface area contributed by atoms with E-state index >= 15 is 0 Å². The van der Waals surface area contributed by atoms with Gasteiger partial charge in [0.1, 0.15) is 11.9 Å². The van der Waals surface area contributed by atoms with Crippen LogP contribution < -0.4 is 10.6 Å². The summed E-state index contributed by atoms with van der Waals surface area (Å²) in [5, 5.41) is 27.2. The molecule has 6 atom stereocenters. The average molecular weight is 557 g/mol. The molecule has 4 rings (SSSR count). The molecule has 10 nitrogen and oxygen atoms in total. The molecule has 6 unspecified atom stereocenters. The van der Waals surface area contributed by atoms with E-state index in [2.05, 4.69) is 17.6 Å². The van der Waals surface area contributed by atoms with Crippen molar-refractivity contribution in [1.29, 1.82) is 0 Å². The number of aliphatic hydroxyl groups is 2. The second-order valence-corrected chi connectivity index (χ2v) is 11.4. The highest BCUT2D eigenvalue weighted by Crippen LogP contribution is 2.61. The van der Waals surface area contributed by atoms with Crippen LogP contribution in [0.4, 0.5) is 10.5 Å². The van der Waals surface area contributed by atoms with Gasteiger partial charge < -0.3 is 29.4 Å². The maximum atomic E-state index is 12.9. The van der Waals surface area contributed by atoms with Crippen molar-refractivity contribution in [2.75, 3.05) is 18.5 Å². The summed E-state index contributed by atoms with van der Waals surface area (Å²) in [5.74, 6) is -0.402. The van der Waals surface area contributed by atoms with Crippen LogP contribution in [0.5, 0.6) is 0 Å². The van der Waals surface area contributed by atoms with Crippen molar-refractivity contribution in [3.05, 3.63) is 54.0 Å². The van der Waals surface area contributed by atoms with Gasteiger partial charge in [0.2, 0.25) is 5.91 Å². The lowest BCUT2D eigenvalue weighted by Gasteiger charge is -2.60. The first-order chi connectivity index (χ1) is 19.1. The van der Waals surface area contributed by atoms with Crippen molar-refractivity contribution in [2.45, 2.75) is 71.6 Å². The van der Waals surface area contributed by atoms with Crippen molar-refractivity contribution >= 4 is 23.7 Å². The van der Waals surface area contributed by atoms with Gasteiger partial charge in [0.25, 0.3) is 0 Å². The predicted molar refractivity (Wildman–Crippen MR) is 146 cm³/mol. The number of furan rings is 1. The molecule has 2 amide bonds. The molecule has 1 heterocycles. The van der Waals surface area contributed by atoms with Gasteiger partial charge in [-0.2, -0.15) is 0 Å². The number of fused-ring (bicyclic) bond motifs is 1. The Balaban J connectivity index is 1.44. The first-order valence-corrected chi connectivity index (χ1v) is 13.9. The minimum absolute atomic E-state index is 0.0880. The Morgan fingerprint density at radius 1 is 1.12 bits per heavy atom. The molecule has 1 aromatic carbocycles. The number of rotatable bonds is 9. The van der Waals surface area contributed by atoms with Gasteiger partial charge in [-0.1, -0.05) is 19.9 Å². The maximum absolute atomic E-state index is 12.9. The van der Waals surface area contributed by atoms with E-state index in [1.807, 2.05) is 6.92 Å². The fourth-order valence-corrected chi connectivity index (χ4v) is 6.87. The number of benzene rings is 1. The van der Waals surface area contributed by atoms with E-state index in [4.69, 9.17) is 13.9 Å². The molecule has 40 heavy (non-hydrogen) atoms. The molecule has 2 aliphatic rings. The molecule has 2 fully saturated rings. The Morgan fingerprint density at radius 3 is 2.62 bits per heavy atom. The van der Waals surface area contributed by atoms with Gasteiger partial charge in [-0.15, -0.1) is 0 Å². The van der Waals surface area contributed by atoms with Crippen LogP contribution in [-0.2, 0) is 20.8 Å². The van der Waals surface area contributed by atoms with E-state index in [0.717, 1.165) is 0 Å². The molecule has 10 heteroatoms. The third-order valence-corrected chi connectivity index (χ3v) is 8.99. The van der Waals surface area contributed by atoms with Crippen molar-refractivity contribution in [1.82, 2.24) is 5.32 Å². The number of carbonyl (C=O) groups excluding carboxylic acids is 3. The van der Waals surface area contributed by atoms with E-state index in [9.17, 15) is 24.6 Å². The molecule has 4 N–H and O–H groups in total. The van der Waals surface area contributed by atoms with Crippen LogP contribution in [0, 0.1) is 22.7 Å². The summed E-state index contributed by atoms with van der Waals surface area (Å²) in [6, 6.07) is 9.96. The number of amides is 2. The van der Waals surface area contributed by atoms with Crippen molar-refractivity contribution in [2.24, 2.45) is 22.7 Å². The number of nitrogens with one attached hydrogen (secondary N) is 2. The maximum Gasteiger partial charge on any atom is 0.411 e. The third kappa shape index (κ3) is 6.18. The topological polar surface area (TPSA) is 147 Å². The summed E-state index contributed by atoms with van der Waals surface area (Å²) >= 11 is 0. The molecule has 218 valence electrons. The average Bonchev–Trinajstić information content (AvgIpc) is 3.45. The Morgan fingerprint density at radius 2 is 1.93 bits per heavy atom. The number of aliphatic hydroxyl groups excluding tert-OH is 2. The first kappa shape index (κ1) is 29.6. The second kappa shape index (κ2) is 12.4. The highest BCUT2D eigenvalue weighted by atomic mass is 16.6. The predicted octanol–water partition coefficient (Wildman–Crippen LogP) is 4.27. The Bertz CT molecular complexity index is 1180. The summed E-state index contributed by atoms with van der Waals surface area (Å²) in [6.07, 6.45) is 2.02. The fourth-order valence-electron chi connectivity index (χ4n) is 6.87. The molecule has 0 aliphatic heterocycles. The number of carbonyl (C=O) groups is 3. The smallest absolute Gasteiger partial charge is 0.411 e. The number of hydrogen-bond donors (Lipinski definition) is 4. The standard InChI is InChI=1S/C30H40N2O8/c1-4-38-27(36)19-7-5-8-20(15-19)32-28(37)40-25-12-13-29(2)22(16-26(35)31-17-21-9-6-14-39-21)23(34)10-11-24(29)30(25,3)18-33/h5-9,14-15,22-25,33-34H,4,10-13,16-18H2,1-3H3,(H,31,35)(H,32,37). The van der Waals surface area contributed by atoms with Gasteiger partial charge >= 0.3 is 12.1 Å². The number of anilines is 1. The zero-order chi connectivity index (χ0) is 28.9. The molecule has 0 saturated heterocycles. The SMILES string of the molecule is CCOC(=O)c1cccc(NC(=O)OC2CCC3(C)C(CC(=O)NCc4ccco4)C(O)CCC3C2(C)CO)c1. The van der Waals surface area contributed by atoms with Crippen molar-refractivity contribution in [3.63, 3.8) is 0 Å². The molecular weight excluding hydrogens is 516 g/mol. The van der Waals surface area contributed by atoms with Gasteiger partial charge in [0.15, 0.2) is 0 Å². The van der Waals surface area contributed by atoms with Gasteiger partial charge in [0.05, 0.1) is 37.7 Å². The zero-order valence-electron chi connectivity index (χ0n) is 23.4. The fraction of sp³-hybridized carbons (Fsp3) is 0.567. The molecule has 0 bridgehead atoms. The normalized spacial score (nSPS) is 29.6. The lowest BCUT2D eigenvalue weighted by atomic mass is 9.46. The van der Waals surface area contributed by atoms with Crippen LogP contribution in [0.3, 0.4) is 0 Å². The quantitative estimate of drug-likeness (QED) is 0.335. The summed E-state index contributed by atoms with van der Waals surface area (Å²) in [4.78, 5) is 37.8. The number of ether oxygens (including phenoxy) is 2. The number of hydrogen-bond acceptors (Lipinski definition) is 8. The molecule has 1 aromatic heterocycles. The van der Waals surface area contributed by atoms with E-state index < -0.39 is 35.1 Å². The van der Waals surface area contributed by atoms with Crippen molar-refractivity contribution < 1.29 is 38.5 Å². The van der Waals surface area contributed by atoms with Crippen LogP contribution in [0.25, 0.3) is 0 Å². The zero-order valence-corrected chi connectivity index (χ0v) is 23.4. The summed E-state index contributed by atoms with van der Waals surface area (Å²) < 4.78 is 16.2. The van der Waals surface area contributed by atoms with Gasteiger partial charge in [-0.3, -0.25) is 10.1 Å². The van der Waals surface area contributed by atoms with E-state index in [1.54, 1.807) is 43.5 Å². The lowest BCUT2D eigenvalue weighted by Crippen LogP contribution is -2.61. The molecule has 0 spiro atoms. The van der Waals surface area contributed by atoms with Crippen LogP contribution >= 0.6 is 0 Å². The molecule has 0 radical (unpaired) electrons. The minimum atomic E-state index is -0.778. The Labute approximate surface area is 234 Å². The van der Waals surface area contributed by atoms with Crippen LogP contribution in [0.15, 0.2) is 47.1 Å². The van der Waals surface area contributed by atoms with E-state index in [0.29, 0.717) is 42.7 Å². The van der Waals surface area contributed by atoms with Crippen molar-refractivity contribution in [3.8, 4) is 0 Å². The lowest BCUT2D eigenvalue weighted by molar-refractivity contribution is -0.185.